The van der Waals surface area contributed by atoms with Crippen molar-refractivity contribution in [3.63, 3.8) is 0 Å². The van der Waals surface area contributed by atoms with Gasteiger partial charge in [0.2, 0.25) is 0 Å². The fourth-order valence-corrected chi connectivity index (χ4v) is 13.0. The highest BCUT2D eigenvalue weighted by Crippen LogP contribution is 2.56. The van der Waals surface area contributed by atoms with Gasteiger partial charge in [0.05, 0.1) is 0 Å². The van der Waals surface area contributed by atoms with Crippen molar-refractivity contribution in [2.75, 3.05) is 6.54 Å². The predicted octanol–water partition coefficient (Wildman–Crippen LogP) is 6.01. The molecule has 2 rings (SSSR count). The van der Waals surface area contributed by atoms with Gasteiger partial charge >= 0.3 is 0 Å². The molecule has 0 aromatic heterocycles. The lowest BCUT2D eigenvalue weighted by Crippen LogP contribution is -2.64. The molecule has 2 heteroatoms. The molecule has 0 heterocycles. The topological polar surface area (TPSA) is 12.0 Å². The zero-order chi connectivity index (χ0) is 14.6. The standard InChI is InChI=1S/C18H37NSi/c1-5-19-20(18(2,3)4,16-12-8-6-9-13-16)17-14-10-7-11-15-17/h16-17,19H,5-15H2,1-4H3. The summed E-state index contributed by atoms with van der Waals surface area (Å²) >= 11 is 0. The van der Waals surface area contributed by atoms with Crippen LogP contribution in [0.2, 0.25) is 16.1 Å². The van der Waals surface area contributed by atoms with Crippen LogP contribution >= 0.6 is 0 Å². The molecule has 20 heavy (non-hydrogen) atoms. The van der Waals surface area contributed by atoms with Gasteiger partial charge in [0, 0.05) is 0 Å². The fourth-order valence-electron chi connectivity index (χ4n) is 5.52. The van der Waals surface area contributed by atoms with E-state index in [4.69, 9.17) is 0 Å². The lowest BCUT2D eigenvalue weighted by Gasteiger charge is -2.55. The number of rotatable bonds is 4. The Morgan fingerprint density at radius 2 is 1.20 bits per heavy atom. The summed E-state index contributed by atoms with van der Waals surface area (Å²) in [6.45, 7) is 11.2. The molecule has 0 aromatic carbocycles. The van der Waals surface area contributed by atoms with E-state index in [0.29, 0.717) is 5.04 Å². The number of nitrogens with one attached hydrogen (secondary N) is 1. The van der Waals surface area contributed by atoms with Gasteiger partial charge in [-0.1, -0.05) is 91.9 Å². The van der Waals surface area contributed by atoms with E-state index in [1.807, 2.05) is 0 Å². The highest BCUT2D eigenvalue weighted by molar-refractivity contribution is 6.83. The third-order valence-corrected chi connectivity index (χ3v) is 13.4. The van der Waals surface area contributed by atoms with Crippen LogP contribution in [0.5, 0.6) is 0 Å². The van der Waals surface area contributed by atoms with Gasteiger partial charge in [0.25, 0.3) is 0 Å². The minimum atomic E-state index is -1.45. The monoisotopic (exact) mass is 295 g/mol. The zero-order valence-corrected chi connectivity index (χ0v) is 15.4. The third kappa shape index (κ3) is 3.16. The summed E-state index contributed by atoms with van der Waals surface area (Å²) in [5.41, 5.74) is 2.08. The van der Waals surface area contributed by atoms with Crippen LogP contribution in [0.4, 0.5) is 0 Å². The highest BCUT2D eigenvalue weighted by Gasteiger charge is 2.54. The molecule has 0 amide bonds. The predicted molar refractivity (Wildman–Crippen MR) is 92.8 cm³/mol. The van der Waals surface area contributed by atoms with E-state index < -0.39 is 8.24 Å². The second-order valence-electron chi connectivity index (χ2n) is 8.32. The van der Waals surface area contributed by atoms with Crippen molar-refractivity contribution >= 4 is 8.24 Å². The van der Waals surface area contributed by atoms with E-state index in [2.05, 4.69) is 32.7 Å². The van der Waals surface area contributed by atoms with Crippen LogP contribution in [0.15, 0.2) is 0 Å². The van der Waals surface area contributed by atoms with E-state index in [1.165, 1.54) is 70.8 Å². The van der Waals surface area contributed by atoms with E-state index in [-0.39, 0.29) is 0 Å². The summed E-state index contributed by atoms with van der Waals surface area (Å²) in [6.07, 6.45) is 15.0. The number of hydrogen-bond acceptors (Lipinski definition) is 1. The van der Waals surface area contributed by atoms with Crippen molar-refractivity contribution < 1.29 is 0 Å². The summed E-state index contributed by atoms with van der Waals surface area (Å²) in [6, 6.07) is 0. The molecule has 0 aromatic rings. The first-order chi connectivity index (χ1) is 9.52. The van der Waals surface area contributed by atoms with Crippen LogP contribution in [0.25, 0.3) is 0 Å². The maximum absolute atomic E-state index is 4.21. The smallest absolute Gasteiger partial charge is 0.137 e. The average Bonchev–Trinajstić information content (AvgIpc) is 2.45. The lowest BCUT2D eigenvalue weighted by atomic mass is 9.99. The minimum Gasteiger partial charge on any atom is -0.337 e. The molecule has 0 unspecified atom stereocenters. The first kappa shape index (κ1) is 16.5. The van der Waals surface area contributed by atoms with Crippen LogP contribution < -0.4 is 4.98 Å². The van der Waals surface area contributed by atoms with Gasteiger partial charge in [-0.25, -0.2) is 0 Å². The van der Waals surface area contributed by atoms with Crippen molar-refractivity contribution in [1.29, 1.82) is 0 Å². The maximum Gasteiger partial charge on any atom is 0.137 e. The van der Waals surface area contributed by atoms with Gasteiger partial charge in [-0.05, 0) is 22.7 Å². The Bertz CT molecular complexity index is 264. The first-order valence-electron chi connectivity index (χ1n) is 9.27. The molecule has 2 saturated carbocycles. The molecular weight excluding hydrogens is 258 g/mol. The van der Waals surface area contributed by atoms with Crippen LogP contribution in [0, 0.1) is 0 Å². The molecule has 1 nitrogen and oxygen atoms in total. The summed E-state index contributed by atoms with van der Waals surface area (Å²) in [5.74, 6) is 0. The summed E-state index contributed by atoms with van der Waals surface area (Å²) in [7, 11) is -1.45. The summed E-state index contributed by atoms with van der Waals surface area (Å²) in [5, 5.41) is 0.507. The molecular formula is C18H37NSi. The molecule has 2 aliphatic rings. The zero-order valence-electron chi connectivity index (χ0n) is 14.4. The molecule has 0 radical (unpaired) electrons. The second kappa shape index (κ2) is 6.96. The third-order valence-electron chi connectivity index (χ3n) is 6.21. The second-order valence-corrected chi connectivity index (χ2v) is 13.5. The van der Waals surface area contributed by atoms with Crippen LogP contribution in [0.3, 0.4) is 0 Å². The molecule has 1 N–H and O–H groups in total. The van der Waals surface area contributed by atoms with Gasteiger partial charge in [-0.15, -0.1) is 0 Å². The normalized spacial score (nSPS) is 24.0. The van der Waals surface area contributed by atoms with Crippen LogP contribution in [-0.4, -0.2) is 14.8 Å². The summed E-state index contributed by atoms with van der Waals surface area (Å²) < 4.78 is 0. The van der Waals surface area contributed by atoms with Crippen molar-refractivity contribution in [2.24, 2.45) is 0 Å². The molecule has 0 aliphatic heterocycles. The van der Waals surface area contributed by atoms with Gasteiger partial charge < -0.3 is 4.98 Å². The van der Waals surface area contributed by atoms with E-state index in [0.717, 1.165) is 11.1 Å². The Labute approximate surface area is 128 Å². The Balaban J connectivity index is 2.31. The first-order valence-corrected chi connectivity index (χ1v) is 11.4. The summed E-state index contributed by atoms with van der Waals surface area (Å²) in [4.78, 5) is 4.21. The quantitative estimate of drug-likeness (QED) is 0.626. The Kier molecular flexibility index (Phi) is 5.76. The maximum atomic E-state index is 4.21. The van der Waals surface area contributed by atoms with E-state index in [9.17, 15) is 0 Å². The SMILES string of the molecule is CCN[Si](C1CCCCC1)(C1CCCCC1)C(C)(C)C. The van der Waals surface area contributed by atoms with Gasteiger partial charge in [-0.2, -0.15) is 0 Å². The largest absolute Gasteiger partial charge is 0.337 e. The Morgan fingerprint density at radius 1 is 0.800 bits per heavy atom. The lowest BCUT2D eigenvalue weighted by molar-refractivity contribution is 0.419. The van der Waals surface area contributed by atoms with Crippen molar-refractivity contribution in [3.05, 3.63) is 0 Å². The molecule has 0 bridgehead atoms. The molecule has 0 atom stereocenters. The fraction of sp³-hybridized carbons (Fsp3) is 1.00. The van der Waals surface area contributed by atoms with Crippen molar-refractivity contribution in [1.82, 2.24) is 4.98 Å². The van der Waals surface area contributed by atoms with Gasteiger partial charge in [0.15, 0.2) is 0 Å². The van der Waals surface area contributed by atoms with Gasteiger partial charge in [0.1, 0.15) is 8.24 Å². The Hall–Kier alpha value is 0.177. The van der Waals surface area contributed by atoms with E-state index in [1.54, 1.807) is 0 Å². The van der Waals surface area contributed by atoms with Crippen LogP contribution in [-0.2, 0) is 0 Å². The molecule has 0 saturated heterocycles. The molecule has 2 fully saturated rings. The number of hydrogen-bond donors (Lipinski definition) is 1. The van der Waals surface area contributed by atoms with Crippen molar-refractivity contribution in [2.45, 2.75) is 108 Å². The molecule has 2 aliphatic carbocycles. The minimum absolute atomic E-state index is 0.507. The average molecular weight is 296 g/mol. The van der Waals surface area contributed by atoms with Gasteiger partial charge in [-0.3, -0.25) is 0 Å². The highest BCUT2D eigenvalue weighted by atomic mass is 28.3. The molecule has 118 valence electrons. The Morgan fingerprint density at radius 3 is 1.50 bits per heavy atom. The van der Waals surface area contributed by atoms with E-state index >= 15 is 0 Å². The molecule has 0 spiro atoms. The van der Waals surface area contributed by atoms with Crippen LogP contribution in [0.1, 0.15) is 91.9 Å². The van der Waals surface area contributed by atoms with Crippen molar-refractivity contribution in [3.8, 4) is 0 Å².